The van der Waals surface area contributed by atoms with E-state index in [2.05, 4.69) is 4.98 Å². The van der Waals surface area contributed by atoms with E-state index in [4.69, 9.17) is 11.1 Å². The largest absolute Gasteiger partial charge is 0.298 e. The maximum atomic E-state index is 8.47. The number of pyridine rings is 1. The Morgan fingerprint density at radius 1 is 1.64 bits per heavy atom. The molecule has 0 atom stereocenters. The molecule has 56 valence electrons. The minimum Gasteiger partial charge on any atom is -0.298 e. The van der Waals surface area contributed by atoms with Crippen LogP contribution in [0.3, 0.4) is 0 Å². The molecule has 0 aromatic carbocycles. The van der Waals surface area contributed by atoms with Gasteiger partial charge in [-0.25, -0.2) is 10.8 Å². The van der Waals surface area contributed by atoms with Gasteiger partial charge >= 0.3 is 0 Å². The Balaban J connectivity index is 3.03. The summed E-state index contributed by atoms with van der Waals surface area (Å²) in [6, 6.07) is 7.04. The van der Waals surface area contributed by atoms with E-state index in [0.29, 0.717) is 11.5 Å². The van der Waals surface area contributed by atoms with Crippen molar-refractivity contribution in [3.05, 3.63) is 23.9 Å². The normalized spacial score (nSPS) is 8.82. The van der Waals surface area contributed by atoms with Gasteiger partial charge in [-0.15, -0.1) is 0 Å². The molecule has 0 radical (unpaired) electrons. The molecular formula is C7H8N4. The van der Waals surface area contributed by atoms with Gasteiger partial charge in [0, 0.05) is 7.05 Å². The second kappa shape index (κ2) is 2.99. The van der Waals surface area contributed by atoms with Crippen molar-refractivity contribution in [2.75, 3.05) is 12.1 Å². The summed E-state index contributed by atoms with van der Waals surface area (Å²) in [4.78, 5) is 3.93. The number of nitrogens with zero attached hydrogens (tertiary/aromatic N) is 3. The van der Waals surface area contributed by atoms with Gasteiger partial charge in [-0.05, 0) is 12.1 Å². The van der Waals surface area contributed by atoms with Gasteiger partial charge in [-0.1, -0.05) is 6.07 Å². The number of aromatic nitrogens is 1. The molecule has 1 aromatic rings. The minimum absolute atomic E-state index is 0.375. The highest BCUT2D eigenvalue weighted by Crippen LogP contribution is 2.04. The van der Waals surface area contributed by atoms with Crippen molar-refractivity contribution >= 4 is 5.82 Å². The molecule has 4 heteroatoms. The molecule has 0 amide bonds. The van der Waals surface area contributed by atoms with E-state index in [-0.39, 0.29) is 0 Å². The van der Waals surface area contributed by atoms with Gasteiger partial charge in [0.2, 0.25) is 0 Å². The summed E-state index contributed by atoms with van der Waals surface area (Å²) >= 11 is 0. The Morgan fingerprint density at radius 2 is 2.36 bits per heavy atom. The zero-order valence-electron chi connectivity index (χ0n) is 6.15. The van der Waals surface area contributed by atoms with Gasteiger partial charge in [-0.2, -0.15) is 5.26 Å². The van der Waals surface area contributed by atoms with Gasteiger partial charge < -0.3 is 0 Å². The zero-order valence-corrected chi connectivity index (χ0v) is 6.15. The summed E-state index contributed by atoms with van der Waals surface area (Å²) in [6.45, 7) is 0. The molecule has 0 fully saturated rings. The van der Waals surface area contributed by atoms with E-state index in [9.17, 15) is 0 Å². The van der Waals surface area contributed by atoms with Crippen molar-refractivity contribution in [3.63, 3.8) is 0 Å². The van der Waals surface area contributed by atoms with E-state index in [0.717, 1.165) is 0 Å². The monoisotopic (exact) mass is 148 g/mol. The van der Waals surface area contributed by atoms with Gasteiger partial charge in [0.15, 0.2) is 0 Å². The second-order valence-corrected chi connectivity index (χ2v) is 2.10. The van der Waals surface area contributed by atoms with E-state index >= 15 is 0 Å². The fraction of sp³-hybridized carbons (Fsp3) is 0.143. The highest BCUT2D eigenvalue weighted by molar-refractivity contribution is 5.38. The molecule has 2 N–H and O–H groups in total. The SMILES string of the molecule is CN(N)c1cccc(C#N)n1. The Bertz CT molecular complexity index is 287. The van der Waals surface area contributed by atoms with E-state index in [1.165, 1.54) is 5.01 Å². The van der Waals surface area contributed by atoms with Crippen molar-refractivity contribution in [1.82, 2.24) is 4.98 Å². The van der Waals surface area contributed by atoms with Gasteiger partial charge in [0.05, 0.1) is 0 Å². The van der Waals surface area contributed by atoms with Crippen LogP contribution in [0.5, 0.6) is 0 Å². The van der Waals surface area contributed by atoms with Crippen LogP contribution < -0.4 is 10.9 Å². The average Bonchev–Trinajstić information content (AvgIpc) is 2.05. The van der Waals surface area contributed by atoms with Crippen LogP contribution in [0.15, 0.2) is 18.2 Å². The molecule has 0 aliphatic rings. The van der Waals surface area contributed by atoms with E-state index in [1.54, 1.807) is 25.2 Å². The van der Waals surface area contributed by atoms with Gasteiger partial charge in [0.1, 0.15) is 17.6 Å². The topological polar surface area (TPSA) is 65.9 Å². The van der Waals surface area contributed by atoms with Crippen molar-refractivity contribution < 1.29 is 0 Å². The molecule has 0 spiro atoms. The molecule has 0 saturated carbocycles. The Kier molecular flexibility index (Phi) is 2.04. The molecule has 0 bridgehead atoms. The first-order chi connectivity index (χ1) is 5.24. The van der Waals surface area contributed by atoms with Gasteiger partial charge in [-0.3, -0.25) is 5.01 Å². The molecule has 0 unspecified atom stereocenters. The zero-order chi connectivity index (χ0) is 8.27. The predicted molar refractivity (Wildman–Crippen MR) is 41.5 cm³/mol. The van der Waals surface area contributed by atoms with Gasteiger partial charge in [0.25, 0.3) is 0 Å². The first-order valence-electron chi connectivity index (χ1n) is 3.09. The molecule has 4 nitrogen and oxygen atoms in total. The lowest BCUT2D eigenvalue weighted by Gasteiger charge is -2.09. The first-order valence-corrected chi connectivity index (χ1v) is 3.09. The third-order valence-electron chi connectivity index (χ3n) is 1.21. The van der Waals surface area contributed by atoms with Crippen LogP contribution >= 0.6 is 0 Å². The Labute approximate surface area is 64.8 Å². The molecule has 0 saturated heterocycles. The third-order valence-corrected chi connectivity index (χ3v) is 1.21. The molecule has 1 aromatic heterocycles. The van der Waals surface area contributed by atoms with Crippen LogP contribution in [0.2, 0.25) is 0 Å². The standard InChI is InChI=1S/C7H8N4/c1-11(9)7-4-2-3-6(5-8)10-7/h2-4H,9H2,1H3. The molecule has 1 heterocycles. The Morgan fingerprint density at radius 3 is 2.91 bits per heavy atom. The van der Waals surface area contributed by atoms with Crippen LogP contribution in [-0.2, 0) is 0 Å². The van der Waals surface area contributed by atoms with Crippen molar-refractivity contribution in [3.8, 4) is 6.07 Å². The van der Waals surface area contributed by atoms with Crippen LogP contribution in [0, 0.1) is 11.3 Å². The summed E-state index contributed by atoms with van der Waals surface area (Å²) in [5.41, 5.74) is 0.375. The summed E-state index contributed by atoms with van der Waals surface area (Å²) in [5.74, 6) is 5.99. The summed E-state index contributed by atoms with van der Waals surface area (Å²) < 4.78 is 0. The quantitative estimate of drug-likeness (QED) is 0.458. The molecule has 0 aliphatic carbocycles. The first kappa shape index (κ1) is 7.51. The number of hydrogen-bond donors (Lipinski definition) is 1. The molecule has 11 heavy (non-hydrogen) atoms. The number of nitrogens with two attached hydrogens (primary N) is 1. The maximum Gasteiger partial charge on any atom is 0.143 e. The fourth-order valence-electron chi connectivity index (χ4n) is 0.682. The van der Waals surface area contributed by atoms with Crippen molar-refractivity contribution in [2.24, 2.45) is 5.84 Å². The average molecular weight is 148 g/mol. The second-order valence-electron chi connectivity index (χ2n) is 2.10. The fourth-order valence-corrected chi connectivity index (χ4v) is 0.682. The number of hydrogen-bond acceptors (Lipinski definition) is 4. The molecule has 0 aliphatic heterocycles. The summed E-state index contributed by atoms with van der Waals surface area (Å²) in [6.07, 6.45) is 0. The lowest BCUT2D eigenvalue weighted by molar-refractivity contribution is 0.973. The number of hydrazine groups is 1. The van der Waals surface area contributed by atoms with Crippen LogP contribution in [0.25, 0.3) is 0 Å². The highest BCUT2D eigenvalue weighted by Gasteiger charge is 1.96. The van der Waals surface area contributed by atoms with Crippen molar-refractivity contribution in [1.29, 1.82) is 5.26 Å². The van der Waals surface area contributed by atoms with Crippen LogP contribution in [0.1, 0.15) is 5.69 Å². The summed E-state index contributed by atoms with van der Waals surface area (Å²) in [5, 5.41) is 9.83. The number of rotatable bonds is 1. The molecular weight excluding hydrogens is 140 g/mol. The van der Waals surface area contributed by atoms with E-state index in [1.807, 2.05) is 6.07 Å². The van der Waals surface area contributed by atoms with E-state index < -0.39 is 0 Å². The number of nitriles is 1. The highest BCUT2D eigenvalue weighted by atomic mass is 15.4. The van der Waals surface area contributed by atoms with Crippen LogP contribution in [0.4, 0.5) is 5.82 Å². The van der Waals surface area contributed by atoms with Crippen molar-refractivity contribution in [2.45, 2.75) is 0 Å². The lowest BCUT2D eigenvalue weighted by atomic mass is 10.3. The smallest absolute Gasteiger partial charge is 0.143 e. The van der Waals surface area contributed by atoms with Crippen LogP contribution in [-0.4, -0.2) is 12.0 Å². The summed E-state index contributed by atoms with van der Waals surface area (Å²) in [7, 11) is 1.67. The predicted octanol–water partition coefficient (Wildman–Crippen LogP) is 0.263. The Hall–Kier alpha value is -1.60. The lowest BCUT2D eigenvalue weighted by Crippen LogP contribution is -2.26. The third kappa shape index (κ3) is 1.66. The maximum absolute atomic E-state index is 8.47. The molecule has 1 rings (SSSR count). The number of anilines is 1. The minimum atomic E-state index is 0.375.